The first kappa shape index (κ1) is 24.9. The van der Waals surface area contributed by atoms with Crippen molar-refractivity contribution in [3.05, 3.63) is 109 Å². The topological polar surface area (TPSA) is 52.8 Å². The molecule has 0 bridgehead atoms. The van der Waals surface area contributed by atoms with E-state index in [-0.39, 0.29) is 26.5 Å². The molecular weight excluding hydrogens is 639 g/mol. The van der Waals surface area contributed by atoms with Gasteiger partial charge in [-0.25, -0.2) is 21.1 Å². The van der Waals surface area contributed by atoms with Crippen LogP contribution < -0.4 is 4.74 Å². The Morgan fingerprint density at radius 3 is 2.43 bits per heavy atom. The number of hydrogen-bond acceptors (Lipinski definition) is 4. The van der Waals surface area contributed by atoms with E-state index in [9.17, 15) is 0 Å². The van der Waals surface area contributed by atoms with Gasteiger partial charge in [0.1, 0.15) is 5.82 Å². The van der Waals surface area contributed by atoms with E-state index in [1.165, 1.54) is 0 Å². The van der Waals surface area contributed by atoms with Crippen LogP contribution in [0.15, 0.2) is 91.4 Å². The van der Waals surface area contributed by atoms with Crippen molar-refractivity contribution in [1.82, 2.24) is 19.5 Å². The maximum absolute atomic E-state index is 6.09. The van der Waals surface area contributed by atoms with Crippen molar-refractivity contribution >= 4 is 21.9 Å². The van der Waals surface area contributed by atoms with Crippen LogP contribution in [0.5, 0.6) is 11.6 Å². The molecule has 0 N–H and O–H groups in total. The Balaban J connectivity index is 0.00000280. The number of hydrogen-bond donors (Lipinski definition) is 0. The van der Waals surface area contributed by atoms with E-state index in [0.29, 0.717) is 11.6 Å². The van der Waals surface area contributed by atoms with E-state index >= 15 is 0 Å². The average molecular weight is 664 g/mol. The Morgan fingerprint density at radius 1 is 0.784 bits per heavy atom. The molecule has 0 aliphatic heterocycles. The Bertz CT molecular complexity index is 1700. The van der Waals surface area contributed by atoms with Crippen LogP contribution in [0.2, 0.25) is 0 Å². The molecule has 6 heteroatoms. The molecule has 6 aromatic rings. The number of fused-ring (bicyclic) bond motifs is 3. The van der Waals surface area contributed by atoms with Gasteiger partial charge in [0.25, 0.3) is 0 Å². The quantitative estimate of drug-likeness (QED) is 0.186. The van der Waals surface area contributed by atoms with Crippen molar-refractivity contribution in [3.63, 3.8) is 0 Å². The fourth-order valence-electron chi connectivity index (χ4n) is 4.33. The largest absolute Gasteiger partial charge is 2.00 e. The zero-order valence-electron chi connectivity index (χ0n) is 20.7. The summed E-state index contributed by atoms with van der Waals surface area (Å²) in [6, 6.07) is 30.9. The SMILES string of the molecule is CC(C)(C)c1ccnc(Oc2[c-]c(-c3[c-]c4c(nc3)c3ccccc3n4-c3ccccn3)ccc2)c1.[Pt+2]. The summed E-state index contributed by atoms with van der Waals surface area (Å²) in [7, 11) is 0. The zero-order chi connectivity index (χ0) is 24.7. The van der Waals surface area contributed by atoms with Crippen LogP contribution in [-0.2, 0) is 26.5 Å². The van der Waals surface area contributed by atoms with Crippen molar-refractivity contribution in [2.45, 2.75) is 26.2 Å². The first-order valence-corrected chi connectivity index (χ1v) is 11.9. The molecular formula is C31H24N4OPt. The van der Waals surface area contributed by atoms with Gasteiger partial charge in [-0.05, 0) is 46.1 Å². The van der Waals surface area contributed by atoms with E-state index < -0.39 is 0 Å². The number of benzene rings is 2. The molecule has 37 heavy (non-hydrogen) atoms. The van der Waals surface area contributed by atoms with Crippen molar-refractivity contribution in [1.29, 1.82) is 0 Å². The Morgan fingerprint density at radius 2 is 1.62 bits per heavy atom. The minimum Gasteiger partial charge on any atom is -0.460 e. The van der Waals surface area contributed by atoms with Gasteiger partial charge < -0.3 is 14.3 Å². The smallest absolute Gasteiger partial charge is 0.460 e. The summed E-state index contributed by atoms with van der Waals surface area (Å²) < 4.78 is 8.19. The van der Waals surface area contributed by atoms with Crippen LogP contribution in [0, 0.1) is 12.1 Å². The molecule has 0 aliphatic rings. The molecule has 0 radical (unpaired) electrons. The first-order chi connectivity index (χ1) is 17.5. The van der Waals surface area contributed by atoms with Gasteiger partial charge in [0.2, 0.25) is 5.88 Å². The van der Waals surface area contributed by atoms with Crippen molar-refractivity contribution in [3.8, 4) is 28.6 Å². The minimum atomic E-state index is 0. The van der Waals surface area contributed by atoms with E-state index in [2.05, 4.69) is 59.6 Å². The second kappa shape index (κ2) is 9.91. The van der Waals surface area contributed by atoms with Gasteiger partial charge in [0.15, 0.2) is 0 Å². The number of nitrogens with zero attached hydrogens (tertiary/aromatic N) is 4. The van der Waals surface area contributed by atoms with Gasteiger partial charge in [-0.2, -0.15) is 18.2 Å². The Kier molecular flexibility index (Phi) is 6.66. The van der Waals surface area contributed by atoms with Gasteiger partial charge in [-0.15, -0.1) is 12.1 Å². The van der Waals surface area contributed by atoms with Gasteiger partial charge >= 0.3 is 21.1 Å². The molecule has 0 fully saturated rings. The summed E-state index contributed by atoms with van der Waals surface area (Å²) in [6.45, 7) is 6.51. The fraction of sp³-hybridized carbons (Fsp3) is 0.129. The molecule has 0 atom stereocenters. The third-order valence-electron chi connectivity index (χ3n) is 6.18. The number of aromatic nitrogens is 4. The van der Waals surface area contributed by atoms with Crippen LogP contribution in [-0.4, -0.2) is 19.5 Å². The Hall–Kier alpha value is -3.82. The molecule has 0 unspecified atom stereocenters. The monoisotopic (exact) mass is 663 g/mol. The molecule has 0 saturated heterocycles. The average Bonchev–Trinajstić information content (AvgIpc) is 3.23. The van der Waals surface area contributed by atoms with Gasteiger partial charge in [-0.3, -0.25) is 0 Å². The molecule has 0 aliphatic carbocycles. The molecule has 2 aromatic carbocycles. The van der Waals surface area contributed by atoms with E-state index in [1.807, 2.05) is 66.9 Å². The second-order valence-corrected chi connectivity index (χ2v) is 9.70. The number of rotatable bonds is 4. The molecule has 0 saturated carbocycles. The predicted molar refractivity (Wildman–Crippen MR) is 142 cm³/mol. The van der Waals surface area contributed by atoms with Crippen LogP contribution in [0.4, 0.5) is 0 Å². The van der Waals surface area contributed by atoms with Crippen LogP contribution in [0.1, 0.15) is 26.3 Å². The third kappa shape index (κ3) is 4.79. The summed E-state index contributed by atoms with van der Waals surface area (Å²) in [5, 5.41) is 1.06. The van der Waals surface area contributed by atoms with Crippen molar-refractivity contribution in [2.24, 2.45) is 0 Å². The number of ether oxygens (including phenoxy) is 1. The van der Waals surface area contributed by atoms with Gasteiger partial charge in [-0.1, -0.05) is 51.2 Å². The standard InChI is InChI=1S/C31H24N4O.Pt/c1-31(2,3)23-14-16-33-29(19-23)36-24-10-8-9-21(17-24)22-18-27-30(34-20-22)25-11-4-5-12-26(25)35(27)28-13-6-7-15-32-28;/h4-16,19-20H,1-3H3;/q-2;+2. The normalized spacial score (nSPS) is 11.4. The maximum atomic E-state index is 6.09. The summed E-state index contributed by atoms with van der Waals surface area (Å²) >= 11 is 0. The molecule has 0 spiro atoms. The second-order valence-electron chi connectivity index (χ2n) is 9.70. The third-order valence-corrected chi connectivity index (χ3v) is 6.18. The molecule has 6 rings (SSSR count). The van der Waals surface area contributed by atoms with E-state index in [4.69, 9.17) is 9.72 Å². The fourth-order valence-corrected chi connectivity index (χ4v) is 4.33. The zero-order valence-corrected chi connectivity index (χ0v) is 22.9. The number of para-hydroxylation sites is 1. The maximum Gasteiger partial charge on any atom is 2.00 e. The summed E-state index contributed by atoms with van der Waals surface area (Å²) in [6.07, 6.45) is 5.41. The van der Waals surface area contributed by atoms with Gasteiger partial charge in [0, 0.05) is 35.2 Å². The van der Waals surface area contributed by atoms with E-state index in [0.717, 1.165) is 44.4 Å². The van der Waals surface area contributed by atoms with Crippen molar-refractivity contribution in [2.75, 3.05) is 0 Å². The van der Waals surface area contributed by atoms with E-state index in [1.54, 1.807) is 12.4 Å². The molecule has 4 aromatic heterocycles. The predicted octanol–water partition coefficient (Wildman–Crippen LogP) is 7.32. The minimum absolute atomic E-state index is 0. The summed E-state index contributed by atoms with van der Waals surface area (Å²) in [5.74, 6) is 1.96. The Labute approximate surface area is 230 Å². The van der Waals surface area contributed by atoms with Crippen molar-refractivity contribution < 1.29 is 25.8 Å². The summed E-state index contributed by atoms with van der Waals surface area (Å²) in [4.78, 5) is 13.8. The number of pyridine rings is 3. The molecule has 0 amide bonds. The van der Waals surface area contributed by atoms with Gasteiger partial charge in [0.05, 0.1) is 0 Å². The first-order valence-electron chi connectivity index (χ1n) is 11.9. The van der Waals surface area contributed by atoms with Crippen LogP contribution >= 0.6 is 0 Å². The van der Waals surface area contributed by atoms with Crippen LogP contribution in [0.3, 0.4) is 0 Å². The molecule has 184 valence electrons. The molecule has 4 heterocycles. The molecule has 5 nitrogen and oxygen atoms in total. The summed E-state index contributed by atoms with van der Waals surface area (Å²) in [5.41, 5.74) is 5.62. The van der Waals surface area contributed by atoms with Crippen LogP contribution in [0.25, 0.3) is 38.9 Å².